The van der Waals surface area contributed by atoms with Crippen LogP contribution in [0.5, 0.6) is 0 Å². The molecule has 1 aromatic carbocycles. The van der Waals surface area contributed by atoms with E-state index in [-0.39, 0.29) is 5.78 Å². The van der Waals surface area contributed by atoms with Gasteiger partial charge >= 0.3 is 0 Å². The Labute approximate surface area is 108 Å². The highest BCUT2D eigenvalue weighted by Gasteiger charge is 2.40. The molecule has 2 fully saturated rings. The number of fused-ring (bicyclic) bond motifs is 2. The molecule has 3 nitrogen and oxygen atoms in total. The van der Waals surface area contributed by atoms with E-state index in [4.69, 9.17) is 4.74 Å². The number of hydrogen-bond acceptors (Lipinski definition) is 3. The summed E-state index contributed by atoms with van der Waals surface area (Å²) in [7, 11) is 0. The SMILES string of the molecule is CCC(=O)c1ccc(NC2CC3CCC2O3)cc1. The van der Waals surface area contributed by atoms with E-state index in [1.807, 2.05) is 31.2 Å². The molecule has 0 spiro atoms. The number of carbonyl (C=O) groups is 1. The van der Waals surface area contributed by atoms with Gasteiger partial charge < -0.3 is 10.1 Å². The van der Waals surface area contributed by atoms with Crippen molar-refractivity contribution in [3.05, 3.63) is 29.8 Å². The smallest absolute Gasteiger partial charge is 0.162 e. The predicted octanol–water partition coefficient (Wildman–Crippen LogP) is 3.01. The first kappa shape index (κ1) is 11.7. The van der Waals surface area contributed by atoms with Crippen LogP contribution in [0.15, 0.2) is 24.3 Å². The summed E-state index contributed by atoms with van der Waals surface area (Å²) >= 11 is 0. The first-order valence-corrected chi connectivity index (χ1v) is 6.81. The molecule has 0 aromatic heterocycles. The van der Waals surface area contributed by atoms with Gasteiger partial charge in [0, 0.05) is 17.7 Å². The van der Waals surface area contributed by atoms with E-state index in [2.05, 4.69) is 5.32 Å². The van der Waals surface area contributed by atoms with Gasteiger partial charge in [0.25, 0.3) is 0 Å². The number of ketones is 1. The molecule has 2 heterocycles. The summed E-state index contributed by atoms with van der Waals surface area (Å²) in [6.07, 6.45) is 4.91. The van der Waals surface area contributed by atoms with Gasteiger partial charge in [0.15, 0.2) is 5.78 Å². The zero-order valence-electron chi connectivity index (χ0n) is 10.7. The Hall–Kier alpha value is -1.35. The second kappa shape index (κ2) is 4.73. The fourth-order valence-electron chi connectivity index (χ4n) is 2.96. The Bertz CT molecular complexity index is 440. The number of ether oxygens (including phenoxy) is 1. The maximum absolute atomic E-state index is 11.5. The number of hydrogen-bond donors (Lipinski definition) is 1. The van der Waals surface area contributed by atoms with E-state index in [0.29, 0.717) is 24.7 Å². The van der Waals surface area contributed by atoms with E-state index in [9.17, 15) is 4.79 Å². The van der Waals surface area contributed by atoms with E-state index < -0.39 is 0 Å². The van der Waals surface area contributed by atoms with Crippen LogP contribution in [0.2, 0.25) is 0 Å². The maximum atomic E-state index is 11.5. The van der Waals surface area contributed by atoms with Gasteiger partial charge in [-0.05, 0) is 43.5 Å². The summed E-state index contributed by atoms with van der Waals surface area (Å²) in [6.45, 7) is 1.89. The molecule has 2 saturated heterocycles. The van der Waals surface area contributed by atoms with E-state index in [1.54, 1.807) is 0 Å². The first-order valence-electron chi connectivity index (χ1n) is 6.81. The van der Waals surface area contributed by atoms with Crippen LogP contribution in [0.4, 0.5) is 5.69 Å². The van der Waals surface area contributed by atoms with Crippen molar-refractivity contribution in [2.24, 2.45) is 0 Å². The van der Waals surface area contributed by atoms with Crippen LogP contribution >= 0.6 is 0 Å². The van der Waals surface area contributed by atoms with Gasteiger partial charge in [0.2, 0.25) is 0 Å². The lowest BCUT2D eigenvalue weighted by molar-refractivity contribution is 0.0987. The van der Waals surface area contributed by atoms with Crippen molar-refractivity contribution in [1.29, 1.82) is 0 Å². The summed E-state index contributed by atoms with van der Waals surface area (Å²) in [5, 5.41) is 3.52. The molecule has 18 heavy (non-hydrogen) atoms. The first-order chi connectivity index (χ1) is 8.76. The molecule has 3 atom stereocenters. The van der Waals surface area contributed by atoms with Crippen LogP contribution in [0.25, 0.3) is 0 Å². The Morgan fingerprint density at radius 2 is 2.11 bits per heavy atom. The third-order valence-electron chi connectivity index (χ3n) is 3.99. The van der Waals surface area contributed by atoms with Gasteiger partial charge in [-0.1, -0.05) is 6.92 Å². The van der Waals surface area contributed by atoms with Crippen LogP contribution in [0.1, 0.15) is 43.0 Å². The molecule has 2 aliphatic rings. The summed E-state index contributed by atoms with van der Waals surface area (Å²) in [6, 6.07) is 8.24. The Morgan fingerprint density at radius 3 is 2.67 bits per heavy atom. The van der Waals surface area contributed by atoms with Crippen LogP contribution in [-0.4, -0.2) is 24.0 Å². The van der Waals surface area contributed by atoms with Crippen molar-refractivity contribution >= 4 is 11.5 Å². The third kappa shape index (κ3) is 2.15. The zero-order chi connectivity index (χ0) is 12.5. The molecule has 1 N–H and O–H groups in total. The molecule has 2 aliphatic heterocycles. The molecule has 96 valence electrons. The van der Waals surface area contributed by atoms with Crippen LogP contribution in [0, 0.1) is 0 Å². The normalized spacial score (nSPS) is 29.5. The van der Waals surface area contributed by atoms with Gasteiger partial charge in [-0.15, -0.1) is 0 Å². The zero-order valence-corrected chi connectivity index (χ0v) is 10.7. The van der Waals surface area contributed by atoms with Gasteiger partial charge in [0.05, 0.1) is 18.2 Å². The Kier molecular flexibility index (Phi) is 3.08. The average Bonchev–Trinajstić information content (AvgIpc) is 3.01. The molecule has 0 amide bonds. The number of rotatable bonds is 4. The third-order valence-corrected chi connectivity index (χ3v) is 3.99. The van der Waals surface area contributed by atoms with E-state index >= 15 is 0 Å². The molecule has 3 unspecified atom stereocenters. The largest absolute Gasteiger partial charge is 0.380 e. The number of nitrogens with one attached hydrogen (secondary N) is 1. The summed E-state index contributed by atoms with van der Waals surface area (Å²) in [5.74, 6) is 0.199. The molecule has 2 bridgehead atoms. The second-order valence-electron chi connectivity index (χ2n) is 5.21. The van der Waals surface area contributed by atoms with Gasteiger partial charge in [-0.25, -0.2) is 0 Å². The summed E-state index contributed by atoms with van der Waals surface area (Å²) < 4.78 is 5.82. The minimum absolute atomic E-state index is 0.199. The predicted molar refractivity (Wildman–Crippen MR) is 71.0 cm³/mol. The standard InChI is InChI=1S/C15H19NO2/c1-2-14(17)10-3-5-11(6-4-10)16-13-9-12-7-8-15(13)18-12/h3-6,12-13,15-16H,2,7-9H2,1H3. The van der Waals surface area contributed by atoms with E-state index in [1.165, 1.54) is 12.8 Å². The lowest BCUT2D eigenvalue weighted by Gasteiger charge is -2.21. The molecule has 0 saturated carbocycles. The average molecular weight is 245 g/mol. The van der Waals surface area contributed by atoms with Crippen molar-refractivity contribution in [2.45, 2.75) is 50.9 Å². The monoisotopic (exact) mass is 245 g/mol. The van der Waals surface area contributed by atoms with E-state index in [0.717, 1.165) is 17.7 Å². The number of benzene rings is 1. The highest BCUT2D eigenvalue weighted by atomic mass is 16.5. The van der Waals surface area contributed by atoms with Gasteiger partial charge in [0.1, 0.15) is 0 Å². The maximum Gasteiger partial charge on any atom is 0.162 e. The molecular weight excluding hydrogens is 226 g/mol. The van der Waals surface area contributed by atoms with Crippen LogP contribution < -0.4 is 5.32 Å². The molecular formula is C15H19NO2. The van der Waals surface area contributed by atoms with Crippen LogP contribution in [0.3, 0.4) is 0 Å². The minimum Gasteiger partial charge on any atom is -0.380 e. The topological polar surface area (TPSA) is 38.3 Å². The number of carbonyl (C=O) groups excluding carboxylic acids is 1. The quantitative estimate of drug-likeness (QED) is 0.829. The van der Waals surface area contributed by atoms with Crippen molar-refractivity contribution in [2.75, 3.05) is 5.32 Å². The molecule has 0 radical (unpaired) electrons. The molecule has 3 rings (SSSR count). The fraction of sp³-hybridized carbons (Fsp3) is 0.533. The number of Topliss-reactive ketones (excluding diaryl/α,β-unsaturated/α-hetero) is 1. The Morgan fingerprint density at radius 1 is 1.33 bits per heavy atom. The molecule has 3 heteroatoms. The van der Waals surface area contributed by atoms with Crippen molar-refractivity contribution < 1.29 is 9.53 Å². The highest BCUT2D eigenvalue weighted by Crippen LogP contribution is 2.35. The van der Waals surface area contributed by atoms with Gasteiger partial charge in [-0.2, -0.15) is 0 Å². The Balaban J connectivity index is 1.65. The lowest BCUT2D eigenvalue weighted by atomic mass is 9.95. The van der Waals surface area contributed by atoms with Crippen LogP contribution in [-0.2, 0) is 4.74 Å². The van der Waals surface area contributed by atoms with Gasteiger partial charge in [-0.3, -0.25) is 4.79 Å². The molecule has 0 aliphatic carbocycles. The lowest BCUT2D eigenvalue weighted by Crippen LogP contribution is -2.30. The number of anilines is 1. The second-order valence-corrected chi connectivity index (χ2v) is 5.21. The van der Waals surface area contributed by atoms with Crippen molar-refractivity contribution in [1.82, 2.24) is 0 Å². The summed E-state index contributed by atoms with van der Waals surface area (Å²) in [5.41, 5.74) is 1.89. The highest BCUT2D eigenvalue weighted by molar-refractivity contribution is 5.96. The van der Waals surface area contributed by atoms with Crippen molar-refractivity contribution in [3.63, 3.8) is 0 Å². The fourth-order valence-corrected chi connectivity index (χ4v) is 2.96. The minimum atomic E-state index is 0.199. The van der Waals surface area contributed by atoms with Crippen molar-refractivity contribution in [3.8, 4) is 0 Å². The molecule has 1 aromatic rings. The summed E-state index contributed by atoms with van der Waals surface area (Å²) in [4.78, 5) is 11.5.